The van der Waals surface area contributed by atoms with E-state index in [1.54, 1.807) is 61.5 Å². The van der Waals surface area contributed by atoms with Gasteiger partial charge in [-0.15, -0.1) is 0 Å². The van der Waals surface area contributed by atoms with Crippen LogP contribution in [0.15, 0.2) is 59.7 Å². The Balaban J connectivity index is 1.81. The van der Waals surface area contributed by atoms with Crippen LogP contribution in [0.2, 0.25) is 5.02 Å². The van der Waals surface area contributed by atoms with Crippen LogP contribution in [0.25, 0.3) is 0 Å². The molecule has 2 aromatic carbocycles. The molecule has 0 aliphatic heterocycles. The van der Waals surface area contributed by atoms with E-state index < -0.39 is 11.8 Å². The molecule has 3 N–H and O–H groups in total. The number of carbonyl (C=O) groups excluding carboxylic acids is 3. The third kappa shape index (κ3) is 6.37. The van der Waals surface area contributed by atoms with E-state index in [0.29, 0.717) is 22.1 Å². The summed E-state index contributed by atoms with van der Waals surface area (Å²) >= 11 is 5.78. The van der Waals surface area contributed by atoms with Crippen LogP contribution in [0.3, 0.4) is 0 Å². The molecule has 0 aliphatic carbocycles. The van der Waals surface area contributed by atoms with Crippen molar-refractivity contribution in [2.24, 2.45) is 5.10 Å². The zero-order valence-corrected chi connectivity index (χ0v) is 14.7. The number of hydrazone groups is 1. The van der Waals surface area contributed by atoms with Crippen molar-refractivity contribution in [1.82, 2.24) is 5.43 Å². The Morgan fingerprint density at radius 1 is 0.885 bits per heavy atom. The van der Waals surface area contributed by atoms with Crippen molar-refractivity contribution in [3.8, 4) is 0 Å². The average molecular weight is 373 g/mol. The quantitative estimate of drug-likeness (QED) is 0.427. The molecule has 0 heterocycles. The molecule has 0 aliphatic rings. The Bertz CT molecular complexity index is 820. The molecule has 2 aromatic rings. The number of anilines is 2. The molecule has 0 spiro atoms. The molecule has 0 aromatic heterocycles. The molecule has 0 atom stereocenters. The molecular weight excluding hydrogens is 356 g/mol. The fourth-order valence-corrected chi connectivity index (χ4v) is 2.04. The highest BCUT2D eigenvalue weighted by Crippen LogP contribution is 2.13. The molecule has 0 fully saturated rings. The highest BCUT2D eigenvalue weighted by Gasteiger charge is 2.13. The van der Waals surface area contributed by atoms with Gasteiger partial charge in [0.2, 0.25) is 5.91 Å². The van der Waals surface area contributed by atoms with Crippen LogP contribution in [0.4, 0.5) is 11.4 Å². The summed E-state index contributed by atoms with van der Waals surface area (Å²) < 4.78 is 0. The van der Waals surface area contributed by atoms with E-state index in [0.717, 1.165) is 0 Å². The summed E-state index contributed by atoms with van der Waals surface area (Å²) in [6.45, 7) is 1.57. The van der Waals surface area contributed by atoms with Crippen molar-refractivity contribution >= 4 is 46.4 Å². The van der Waals surface area contributed by atoms with Crippen molar-refractivity contribution in [2.45, 2.75) is 13.3 Å². The Kier molecular flexibility index (Phi) is 6.87. The van der Waals surface area contributed by atoms with Gasteiger partial charge in [0.15, 0.2) is 0 Å². The summed E-state index contributed by atoms with van der Waals surface area (Å²) in [6.07, 6.45) is -0.0385. The van der Waals surface area contributed by atoms with Crippen LogP contribution in [0.5, 0.6) is 0 Å². The minimum Gasteiger partial charge on any atom is -0.326 e. The molecule has 134 valence electrons. The van der Waals surface area contributed by atoms with Gasteiger partial charge in [-0.1, -0.05) is 29.8 Å². The number of amides is 3. The maximum Gasteiger partial charge on any atom is 0.329 e. The molecule has 0 unspecified atom stereocenters. The van der Waals surface area contributed by atoms with E-state index in [1.165, 1.54) is 0 Å². The van der Waals surface area contributed by atoms with Gasteiger partial charge in [-0.2, -0.15) is 5.10 Å². The lowest BCUT2D eigenvalue weighted by Gasteiger charge is -2.06. The highest BCUT2D eigenvalue weighted by atomic mass is 35.5. The van der Waals surface area contributed by atoms with Crippen molar-refractivity contribution in [1.29, 1.82) is 0 Å². The van der Waals surface area contributed by atoms with E-state index in [4.69, 9.17) is 11.6 Å². The zero-order valence-electron chi connectivity index (χ0n) is 14.0. The van der Waals surface area contributed by atoms with Gasteiger partial charge in [0.25, 0.3) is 0 Å². The van der Waals surface area contributed by atoms with Crippen LogP contribution in [0, 0.1) is 0 Å². The second-order valence-corrected chi connectivity index (χ2v) is 5.78. The summed E-state index contributed by atoms with van der Waals surface area (Å²) in [4.78, 5) is 35.4. The molecule has 7 nitrogen and oxygen atoms in total. The van der Waals surface area contributed by atoms with Gasteiger partial charge in [-0.3, -0.25) is 14.4 Å². The lowest BCUT2D eigenvalue weighted by atomic mass is 10.2. The molecule has 2 rings (SSSR count). The summed E-state index contributed by atoms with van der Waals surface area (Å²) in [7, 11) is 0. The predicted molar refractivity (Wildman–Crippen MR) is 101 cm³/mol. The number of para-hydroxylation sites is 1. The number of carbonyl (C=O) groups is 3. The normalized spacial score (nSPS) is 10.8. The van der Waals surface area contributed by atoms with Crippen molar-refractivity contribution in [2.75, 3.05) is 10.6 Å². The second-order valence-electron chi connectivity index (χ2n) is 5.34. The van der Waals surface area contributed by atoms with Crippen molar-refractivity contribution in [3.63, 3.8) is 0 Å². The first-order chi connectivity index (χ1) is 12.4. The maximum atomic E-state index is 11.9. The first kappa shape index (κ1) is 19.1. The van der Waals surface area contributed by atoms with E-state index in [1.807, 2.05) is 0 Å². The third-order valence-electron chi connectivity index (χ3n) is 3.13. The minimum atomic E-state index is -0.925. The van der Waals surface area contributed by atoms with Crippen molar-refractivity contribution < 1.29 is 14.4 Å². The van der Waals surface area contributed by atoms with Crippen LogP contribution in [0.1, 0.15) is 13.3 Å². The summed E-state index contributed by atoms with van der Waals surface area (Å²) in [6, 6.07) is 15.2. The fourth-order valence-electron chi connectivity index (χ4n) is 1.92. The van der Waals surface area contributed by atoms with E-state index in [-0.39, 0.29) is 12.3 Å². The molecule has 8 heteroatoms. The third-order valence-corrected chi connectivity index (χ3v) is 3.38. The Morgan fingerprint density at radius 2 is 1.50 bits per heavy atom. The first-order valence-corrected chi connectivity index (χ1v) is 8.07. The van der Waals surface area contributed by atoms with Crippen molar-refractivity contribution in [3.05, 3.63) is 59.6 Å². The number of nitrogens with zero attached hydrogens (tertiary/aromatic N) is 1. The number of nitrogens with one attached hydrogen (secondary N) is 3. The topological polar surface area (TPSA) is 99.7 Å². The summed E-state index contributed by atoms with van der Waals surface area (Å²) in [5.74, 6) is -2.08. The lowest BCUT2D eigenvalue weighted by molar-refractivity contribution is -0.136. The molecule has 0 saturated heterocycles. The maximum absolute atomic E-state index is 11.9. The summed E-state index contributed by atoms with van der Waals surface area (Å²) in [5.41, 5.74) is 3.56. The smallest absolute Gasteiger partial charge is 0.326 e. The van der Waals surface area contributed by atoms with E-state index in [2.05, 4.69) is 21.2 Å². The van der Waals surface area contributed by atoms with Gasteiger partial charge in [-0.05, 0) is 43.3 Å². The molecule has 0 bridgehead atoms. The van der Waals surface area contributed by atoms with Crippen LogP contribution < -0.4 is 16.1 Å². The van der Waals surface area contributed by atoms with Gasteiger partial charge in [-0.25, -0.2) is 5.43 Å². The molecular formula is C18H17ClN4O3. The number of benzene rings is 2. The number of hydrogen-bond donors (Lipinski definition) is 3. The number of halogens is 1. The molecule has 26 heavy (non-hydrogen) atoms. The van der Waals surface area contributed by atoms with Gasteiger partial charge < -0.3 is 10.6 Å². The Labute approximate surface area is 155 Å². The van der Waals surface area contributed by atoms with Crippen LogP contribution in [-0.2, 0) is 14.4 Å². The van der Waals surface area contributed by atoms with Gasteiger partial charge in [0.1, 0.15) is 0 Å². The standard InChI is InChI=1S/C18H17ClN4O3/c1-12(11-16(24)20-15-9-7-13(19)8-10-15)22-23-18(26)17(25)21-14-5-3-2-4-6-14/h2-10H,11H2,1H3,(H,20,24)(H,21,25)(H,23,26)/b22-12+. The Hall–Kier alpha value is -3.19. The van der Waals surface area contributed by atoms with Crippen LogP contribution in [-0.4, -0.2) is 23.4 Å². The largest absolute Gasteiger partial charge is 0.329 e. The lowest BCUT2D eigenvalue weighted by Crippen LogP contribution is -2.33. The SMILES string of the molecule is C/C(CC(=O)Nc1ccc(Cl)cc1)=N\NC(=O)C(=O)Nc1ccccc1. The Morgan fingerprint density at radius 3 is 2.15 bits per heavy atom. The van der Waals surface area contributed by atoms with E-state index >= 15 is 0 Å². The fraction of sp³-hybridized carbons (Fsp3) is 0.111. The zero-order chi connectivity index (χ0) is 18.9. The molecule has 3 amide bonds. The number of hydrogen-bond acceptors (Lipinski definition) is 4. The monoisotopic (exact) mass is 372 g/mol. The second kappa shape index (κ2) is 9.33. The number of rotatable bonds is 5. The minimum absolute atomic E-state index is 0.0385. The van der Waals surface area contributed by atoms with E-state index in [9.17, 15) is 14.4 Å². The van der Waals surface area contributed by atoms with Gasteiger partial charge >= 0.3 is 11.8 Å². The molecule has 0 radical (unpaired) electrons. The van der Waals surface area contributed by atoms with Crippen LogP contribution >= 0.6 is 11.6 Å². The first-order valence-electron chi connectivity index (χ1n) is 7.69. The molecule has 0 saturated carbocycles. The van der Waals surface area contributed by atoms with Gasteiger partial charge in [0, 0.05) is 22.1 Å². The summed E-state index contributed by atoms with van der Waals surface area (Å²) in [5, 5.41) is 9.43. The highest BCUT2D eigenvalue weighted by molar-refractivity contribution is 6.39. The van der Waals surface area contributed by atoms with Gasteiger partial charge in [0.05, 0.1) is 6.42 Å². The average Bonchev–Trinajstić information content (AvgIpc) is 2.62. The predicted octanol–water partition coefficient (Wildman–Crippen LogP) is 2.80.